The maximum absolute atomic E-state index is 5.61. The lowest BCUT2D eigenvalue weighted by atomic mass is 9.97. The van der Waals surface area contributed by atoms with Gasteiger partial charge in [-0.15, -0.1) is 0 Å². The first-order valence-electron chi connectivity index (χ1n) is 6.53. The predicted octanol–water partition coefficient (Wildman–Crippen LogP) is 2.01. The lowest BCUT2D eigenvalue weighted by Gasteiger charge is -2.14. The summed E-state index contributed by atoms with van der Waals surface area (Å²) in [6.45, 7) is 3.66. The molecule has 1 fully saturated rings. The first kappa shape index (κ1) is 11.6. The van der Waals surface area contributed by atoms with Crippen LogP contribution in [0.25, 0.3) is 10.8 Å². The maximum Gasteiger partial charge on any atom is 0.0591 e. The van der Waals surface area contributed by atoms with Crippen molar-refractivity contribution in [3.63, 3.8) is 0 Å². The van der Waals surface area contributed by atoms with Crippen molar-refractivity contribution in [2.75, 3.05) is 26.3 Å². The van der Waals surface area contributed by atoms with Gasteiger partial charge in [0.25, 0.3) is 0 Å². The van der Waals surface area contributed by atoms with Crippen molar-refractivity contribution in [3.05, 3.63) is 42.2 Å². The molecule has 0 bridgehead atoms. The third kappa shape index (κ3) is 2.52. The molecule has 2 heterocycles. The molecule has 1 atom stereocenters. The summed E-state index contributed by atoms with van der Waals surface area (Å²) in [4.78, 5) is 4.34. The molecule has 2 aromatic rings. The third-order valence-corrected chi connectivity index (χ3v) is 3.47. The van der Waals surface area contributed by atoms with E-state index in [4.69, 9.17) is 4.74 Å². The van der Waals surface area contributed by atoms with E-state index in [0.29, 0.717) is 5.92 Å². The molecule has 1 N–H and O–H groups in total. The van der Waals surface area contributed by atoms with Crippen LogP contribution in [0.1, 0.15) is 5.56 Å². The molecule has 0 spiro atoms. The number of hydrogen-bond donors (Lipinski definition) is 1. The van der Waals surface area contributed by atoms with Crippen molar-refractivity contribution in [3.8, 4) is 0 Å². The molecule has 1 saturated heterocycles. The van der Waals surface area contributed by atoms with Crippen LogP contribution in [0.5, 0.6) is 0 Å². The lowest BCUT2D eigenvalue weighted by Crippen LogP contribution is -2.24. The number of pyridine rings is 1. The van der Waals surface area contributed by atoms with E-state index in [1.165, 1.54) is 16.3 Å². The number of fused-ring (bicyclic) bond motifs is 1. The van der Waals surface area contributed by atoms with Crippen LogP contribution in [0.15, 0.2) is 36.7 Å². The highest BCUT2D eigenvalue weighted by molar-refractivity contribution is 5.84. The minimum absolute atomic E-state index is 0.542. The van der Waals surface area contributed by atoms with Crippen LogP contribution in [-0.2, 0) is 11.2 Å². The van der Waals surface area contributed by atoms with Crippen molar-refractivity contribution >= 4 is 10.8 Å². The van der Waals surface area contributed by atoms with E-state index in [2.05, 4.69) is 34.6 Å². The smallest absolute Gasteiger partial charge is 0.0591 e. The Bertz CT molecular complexity index is 513. The van der Waals surface area contributed by atoms with Gasteiger partial charge in [0.2, 0.25) is 0 Å². The van der Waals surface area contributed by atoms with Gasteiger partial charge >= 0.3 is 0 Å². The van der Waals surface area contributed by atoms with E-state index in [-0.39, 0.29) is 0 Å². The number of ether oxygens (including phenoxy) is 1. The summed E-state index contributed by atoms with van der Waals surface area (Å²) in [6, 6.07) is 8.45. The second-order valence-electron chi connectivity index (χ2n) is 4.87. The fraction of sp³-hybridized carbons (Fsp3) is 0.400. The SMILES string of the molecule is c1ccc2c(CC3CNCCOC3)cncc2c1. The van der Waals surface area contributed by atoms with Gasteiger partial charge in [-0.2, -0.15) is 0 Å². The monoisotopic (exact) mass is 242 g/mol. The Labute approximate surface area is 107 Å². The summed E-state index contributed by atoms with van der Waals surface area (Å²) in [5, 5.41) is 5.96. The summed E-state index contributed by atoms with van der Waals surface area (Å²) in [5.74, 6) is 0.542. The molecule has 1 aliphatic rings. The van der Waals surface area contributed by atoms with Gasteiger partial charge in [0.15, 0.2) is 0 Å². The Morgan fingerprint density at radius 1 is 1.28 bits per heavy atom. The van der Waals surface area contributed by atoms with E-state index in [1.54, 1.807) is 0 Å². The Morgan fingerprint density at radius 3 is 3.22 bits per heavy atom. The van der Waals surface area contributed by atoms with Gasteiger partial charge in [-0.05, 0) is 23.3 Å². The Morgan fingerprint density at radius 2 is 2.22 bits per heavy atom. The average molecular weight is 242 g/mol. The molecule has 1 aromatic carbocycles. The second kappa shape index (κ2) is 5.46. The highest BCUT2D eigenvalue weighted by atomic mass is 16.5. The molecular weight excluding hydrogens is 224 g/mol. The first-order valence-corrected chi connectivity index (χ1v) is 6.53. The predicted molar refractivity (Wildman–Crippen MR) is 72.6 cm³/mol. The standard InChI is InChI=1S/C15H18N2O/c1-2-4-15-13(3-1)9-17-10-14(15)7-12-8-16-5-6-18-11-12/h1-4,9-10,12,16H,5-8,11H2. The van der Waals surface area contributed by atoms with E-state index in [1.807, 2.05) is 12.4 Å². The fourth-order valence-electron chi connectivity index (χ4n) is 2.54. The van der Waals surface area contributed by atoms with Crippen LogP contribution in [0.4, 0.5) is 0 Å². The van der Waals surface area contributed by atoms with E-state index in [0.717, 1.165) is 32.7 Å². The number of hydrogen-bond acceptors (Lipinski definition) is 3. The largest absolute Gasteiger partial charge is 0.380 e. The molecule has 3 rings (SSSR count). The number of nitrogens with zero attached hydrogens (tertiary/aromatic N) is 1. The second-order valence-corrected chi connectivity index (χ2v) is 4.87. The quantitative estimate of drug-likeness (QED) is 0.874. The average Bonchev–Trinajstić information content (AvgIpc) is 2.68. The Kier molecular flexibility index (Phi) is 3.53. The molecule has 1 aliphatic heterocycles. The molecule has 0 amide bonds. The van der Waals surface area contributed by atoms with Gasteiger partial charge in [0, 0.05) is 30.9 Å². The highest BCUT2D eigenvalue weighted by Gasteiger charge is 2.14. The molecule has 3 heteroatoms. The summed E-state index contributed by atoms with van der Waals surface area (Å²) in [7, 11) is 0. The van der Waals surface area contributed by atoms with Crippen LogP contribution in [0, 0.1) is 5.92 Å². The zero-order valence-electron chi connectivity index (χ0n) is 10.4. The minimum atomic E-state index is 0.542. The zero-order valence-corrected chi connectivity index (χ0v) is 10.4. The van der Waals surface area contributed by atoms with Crippen LogP contribution in [0.2, 0.25) is 0 Å². The van der Waals surface area contributed by atoms with E-state index < -0.39 is 0 Å². The van der Waals surface area contributed by atoms with E-state index in [9.17, 15) is 0 Å². The molecule has 0 radical (unpaired) electrons. The lowest BCUT2D eigenvalue weighted by molar-refractivity contribution is 0.123. The number of aromatic nitrogens is 1. The minimum Gasteiger partial charge on any atom is -0.380 e. The first-order chi connectivity index (χ1) is 8.93. The highest BCUT2D eigenvalue weighted by Crippen LogP contribution is 2.20. The molecule has 3 nitrogen and oxygen atoms in total. The molecule has 0 saturated carbocycles. The van der Waals surface area contributed by atoms with Gasteiger partial charge in [0.1, 0.15) is 0 Å². The van der Waals surface area contributed by atoms with E-state index >= 15 is 0 Å². The molecule has 1 unspecified atom stereocenters. The van der Waals surface area contributed by atoms with Gasteiger partial charge < -0.3 is 10.1 Å². The van der Waals surface area contributed by atoms with Crippen LogP contribution in [-0.4, -0.2) is 31.3 Å². The fourth-order valence-corrected chi connectivity index (χ4v) is 2.54. The van der Waals surface area contributed by atoms with Crippen molar-refractivity contribution < 1.29 is 4.74 Å². The zero-order chi connectivity index (χ0) is 12.2. The van der Waals surface area contributed by atoms with Crippen molar-refractivity contribution in [2.24, 2.45) is 5.92 Å². The van der Waals surface area contributed by atoms with Gasteiger partial charge in [-0.1, -0.05) is 24.3 Å². The Balaban J connectivity index is 1.85. The summed E-state index contributed by atoms with van der Waals surface area (Å²) in [6.07, 6.45) is 4.95. The van der Waals surface area contributed by atoms with Crippen LogP contribution < -0.4 is 5.32 Å². The van der Waals surface area contributed by atoms with Crippen LogP contribution in [0.3, 0.4) is 0 Å². The summed E-state index contributed by atoms with van der Waals surface area (Å²) in [5.41, 5.74) is 1.32. The van der Waals surface area contributed by atoms with Crippen molar-refractivity contribution in [1.82, 2.24) is 10.3 Å². The molecule has 18 heavy (non-hydrogen) atoms. The van der Waals surface area contributed by atoms with Crippen LogP contribution >= 0.6 is 0 Å². The van der Waals surface area contributed by atoms with Gasteiger partial charge in [-0.25, -0.2) is 0 Å². The Hall–Kier alpha value is -1.45. The summed E-state index contributed by atoms with van der Waals surface area (Å²) < 4.78 is 5.61. The topological polar surface area (TPSA) is 34.1 Å². The van der Waals surface area contributed by atoms with Crippen molar-refractivity contribution in [1.29, 1.82) is 0 Å². The third-order valence-electron chi connectivity index (χ3n) is 3.47. The normalized spacial score (nSPS) is 20.8. The van der Waals surface area contributed by atoms with Crippen molar-refractivity contribution in [2.45, 2.75) is 6.42 Å². The molecule has 0 aliphatic carbocycles. The molecular formula is C15H18N2O. The van der Waals surface area contributed by atoms with Gasteiger partial charge in [-0.3, -0.25) is 4.98 Å². The number of rotatable bonds is 2. The van der Waals surface area contributed by atoms with Gasteiger partial charge in [0.05, 0.1) is 13.2 Å². The molecule has 94 valence electrons. The number of benzene rings is 1. The maximum atomic E-state index is 5.61. The number of nitrogens with one attached hydrogen (secondary N) is 1. The summed E-state index contributed by atoms with van der Waals surface area (Å²) >= 11 is 0. The molecule has 1 aromatic heterocycles.